The van der Waals surface area contributed by atoms with Crippen LogP contribution in [0, 0.1) is 0 Å². The highest BCUT2D eigenvalue weighted by molar-refractivity contribution is 9.10. The van der Waals surface area contributed by atoms with Crippen LogP contribution in [-0.4, -0.2) is 80.3 Å². The summed E-state index contributed by atoms with van der Waals surface area (Å²) < 4.78 is 33.3. The quantitative estimate of drug-likeness (QED) is 0.151. The van der Waals surface area contributed by atoms with Gasteiger partial charge in [-0.25, -0.2) is 14.0 Å². The van der Waals surface area contributed by atoms with Crippen molar-refractivity contribution < 1.29 is 28.3 Å². The van der Waals surface area contributed by atoms with Crippen LogP contribution in [0.2, 0.25) is 18.1 Å². The number of nitrogens with zero attached hydrogens (tertiary/aromatic N) is 2. The summed E-state index contributed by atoms with van der Waals surface area (Å²) in [4.78, 5) is 46.5. The average molecular weight is 698 g/mol. The number of aromatic amines is 1. The van der Waals surface area contributed by atoms with Crippen molar-refractivity contribution in [1.29, 1.82) is 0 Å². The molecule has 2 saturated heterocycles. The molecule has 0 radical (unpaired) electrons. The van der Waals surface area contributed by atoms with E-state index in [2.05, 4.69) is 73.9 Å². The van der Waals surface area contributed by atoms with Crippen molar-refractivity contribution >= 4 is 32.0 Å². The smallest absolute Gasteiger partial charge is 0.402 e. The lowest BCUT2D eigenvalue weighted by atomic mass is 9.91. The minimum atomic E-state index is -4.51. The normalized spacial score (nSPS) is 28.6. The van der Waals surface area contributed by atoms with Gasteiger partial charge in [-0.3, -0.25) is 19.7 Å². The van der Waals surface area contributed by atoms with E-state index in [9.17, 15) is 23.9 Å². The number of nitrogens with one attached hydrogen (secondary N) is 2. The van der Waals surface area contributed by atoms with E-state index >= 15 is 0 Å². The molecule has 2 aliphatic heterocycles. The number of hydrogen-bond donors (Lipinski definition) is 4. The second kappa shape index (κ2) is 13.0. The van der Waals surface area contributed by atoms with Crippen LogP contribution in [0.3, 0.4) is 0 Å². The second-order valence-electron chi connectivity index (χ2n) is 14.2. The molecular weight excluding hydrogens is 647 g/mol. The molecule has 0 saturated carbocycles. The van der Waals surface area contributed by atoms with E-state index in [1.165, 1.54) is 23.9 Å². The Labute approximate surface area is 258 Å². The lowest BCUT2D eigenvalue weighted by molar-refractivity contribution is -0.0924. The summed E-state index contributed by atoms with van der Waals surface area (Å²) in [6, 6.07) is 1.28. The molecule has 42 heavy (non-hydrogen) atoms. The Morgan fingerprint density at radius 3 is 2.45 bits per heavy atom. The number of H-pyrrole nitrogens is 1. The standard InChI is InChI=1S/C27H50BrN4O8PSi/c1-18-15-26(5,6)30-22(38-18)10-12-27(28,17-31(7)41(35,36)37)16-20-19(40-42(8,9)25(2,3)4)14-23(39-20)32-13-11-21(33)29-24(32)34/h11,13,18-20,22-23,30H,10,12,14-17H2,1-9H3,(H,29,33,34)(H2,35,36,37)/t18?,19-,20+,22?,23+,27?/m0/s1. The van der Waals surface area contributed by atoms with E-state index in [0.717, 1.165) is 11.1 Å². The SMILES string of the molecule is CC1CC(C)(C)NC(CCC(Br)(C[C@H]2O[C@@H](n3ccc(=O)[nH]c3=O)C[C@@H]2O[Si](C)(C)C(C)(C)C)CN(C)P(=O)(O)O)O1. The number of alkyl halides is 1. The van der Waals surface area contributed by atoms with Crippen molar-refractivity contribution in [2.45, 2.75) is 132 Å². The van der Waals surface area contributed by atoms with Crippen molar-refractivity contribution in [3.63, 3.8) is 0 Å². The molecule has 3 rings (SSSR count). The predicted octanol–water partition coefficient (Wildman–Crippen LogP) is 4.05. The van der Waals surface area contributed by atoms with Gasteiger partial charge in [0.05, 0.1) is 18.3 Å². The molecular formula is C27H50BrN4O8PSi. The molecule has 242 valence electrons. The number of aromatic nitrogens is 2. The van der Waals surface area contributed by atoms with Gasteiger partial charge in [0, 0.05) is 35.1 Å². The fraction of sp³-hybridized carbons (Fsp3) is 0.852. The van der Waals surface area contributed by atoms with Crippen LogP contribution in [-0.2, 0) is 18.5 Å². The summed E-state index contributed by atoms with van der Waals surface area (Å²) in [5.41, 5.74) is -1.16. The Bertz CT molecular complexity index is 1250. The maximum absolute atomic E-state index is 12.7. The Balaban J connectivity index is 1.92. The number of ether oxygens (including phenoxy) is 2. The molecule has 3 heterocycles. The van der Waals surface area contributed by atoms with Crippen LogP contribution in [0.5, 0.6) is 0 Å². The van der Waals surface area contributed by atoms with E-state index in [4.69, 9.17) is 13.9 Å². The molecule has 0 aliphatic carbocycles. The first-order chi connectivity index (χ1) is 19.0. The monoisotopic (exact) mass is 696 g/mol. The fourth-order valence-electron chi connectivity index (χ4n) is 5.60. The molecule has 12 nitrogen and oxygen atoms in total. The molecule has 2 fully saturated rings. The van der Waals surface area contributed by atoms with Crippen LogP contribution in [0.25, 0.3) is 0 Å². The van der Waals surface area contributed by atoms with Gasteiger partial charge in [0.2, 0.25) is 0 Å². The van der Waals surface area contributed by atoms with Crippen molar-refractivity contribution in [3.8, 4) is 0 Å². The third-order valence-corrected chi connectivity index (χ3v) is 15.2. The van der Waals surface area contributed by atoms with Gasteiger partial charge >= 0.3 is 13.4 Å². The second-order valence-corrected chi connectivity index (χ2v) is 22.3. The summed E-state index contributed by atoms with van der Waals surface area (Å²) in [7, 11) is -5.39. The molecule has 1 aromatic heterocycles. The van der Waals surface area contributed by atoms with Crippen LogP contribution >= 0.6 is 23.7 Å². The van der Waals surface area contributed by atoms with Gasteiger partial charge in [-0.1, -0.05) is 36.7 Å². The molecule has 15 heteroatoms. The fourth-order valence-corrected chi connectivity index (χ4v) is 8.53. The first-order valence-corrected chi connectivity index (χ1v) is 19.8. The Morgan fingerprint density at radius 2 is 1.90 bits per heavy atom. The number of halogens is 1. The van der Waals surface area contributed by atoms with E-state index in [1.807, 2.05) is 6.92 Å². The summed E-state index contributed by atoms with van der Waals surface area (Å²) in [6.45, 7) is 17.1. The summed E-state index contributed by atoms with van der Waals surface area (Å²) in [6.07, 6.45) is 2.46. The maximum atomic E-state index is 12.7. The van der Waals surface area contributed by atoms with E-state index < -0.39 is 44.0 Å². The van der Waals surface area contributed by atoms with Crippen molar-refractivity contribution in [2.75, 3.05) is 13.6 Å². The molecule has 4 N–H and O–H groups in total. The minimum Gasteiger partial charge on any atom is -0.411 e. The predicted molar refractivity (Wildman–Crippen MR) is 168 cm³/mol. The maximum Gasteiger partial charge on any atom is 0.402 e. The topological polar surface area (TPSA) is 155 Å². The molecule has 0 amide bonds. The van der Waals surface area contributed by atoms with Gasteiger partial charge in [-0.05, 0) is 71.6 Å². The van der Waals surface area contributed by atoms with Gasteiger partial charge in [0.25, 0.3) is 5.56 Å². The Kier molecular flexibility index (Phi) is 11.1. The number of rotatable bonds is 11. The summed E-state index contributed by atoms with van der Waals surface area (Å²) in [5.74, 6) is 0. The Morgan fingerprint density at radius 1 is 1.26 bits per heavy atom. The van der Waals surface area contributed by atoms with Crippen LogP contribution in [0.4, 0.5) is 0 Å². The van der Waals surface area contributed by atoms with E-state index in [1.54, 1.807) is 0 Å². The van der Waals surface area contributed by atoms with Gasteiger partial charge in [-0.2, -0.15) is 0 Å². The molecule has 1 aromatic rings. The number of hydrogen-bond acceptors (Lipinski definition) is 7. The van der Waals surface area contributed by atoms with Gasteiger partial charge in [0.15, 0.2) is 8.32 Å². The minimum absolute atomic E-state index is 0.0406. The van der Waals surface area contributed by atoms with Gasteiger partial charge in [0.1, 0.15) is 12.5 Å². The van der Waals surface area contributed by atoms with Crippen molar-refractivity contribution in [2.24, 2.45) is 0 Å². The third-order valence-electron chi connectivity index (χ3n) is 8.72. The zero-order chi connectivity index (χ0) is 31.9. The molecule has 2 aliphatic rings. The molecule has 6 atom stereocenters. The van der Waals surface area contributed by atoms with E-state index in [-0.39, 0.29) is 35.6 Å². The highest BCUT2D eigenvalue weighted by Crippen LogP contribution is 2.47. The highest BCUT2D eigenvalue weighted by atomic mass is 79.9. The van der Waals surface area contributed by atoms with Gasteiger partial charge < -0.3 is 23.7 Å². The lowest BCUT2D eigenvalue weighted by Crippen LogP contribution is -2.55. The molecule has 3 unspecified atom stereocenters. The summed E-state index contributed by atoms with van der Waals surface area (Å²) in [5, 5.41) is 3.46. The molecule has 0 aromatic carbocycles. The van der Waals surface area contributed by atoms with Crippen LogP contribution in [0.1, 0.15) is 79.9 Å². The van der Waals surface area contributed by atoms with E-state index in [0.29, 0.717) is 25.7 Å². The molecule has 0 spiro atoms. The van der Waals surface area contributed by atoms with Crippen LogP contribution < -0.4 is 16.6 Å². The van der Waals surface area contributed by atoms with Crippen molar-refractivity contribution in [1.82, 2.24) is 19.5 Å². The van der Waals surface area contributed by atoms with Crippen molar-refractivity contribution in [3.05, 3.63) is 33.1 Å². The molecule has 0 bridgehead atoms. The first kappa shape index (κ1) is 35.8. The summed E-state index contributed by atoms with van der Waals surface area (Å²) >= 11 is 3.90. The zero-order valence-corrected chi connectivity index (χ0v) is 29.8. The van der Waals surface area contributed by atoms with Gasteiger partial charge in [-0.15, -0.1) is 0 Å². The van der Waals surface area contributed by atoms with Crippen LogP contribution in [0.15, 0.2) is 21.9 Å². The third kappa shape index (κ3) is 9.42. The lowest BCUT2D eigenvalue weighted by Gasteiger charge is -2.43. The Hall–Kier alpha value is -0.673. The average Bonchev–Trinajstić information content (AvgIpc) is 3.15. The zero-order valence-electron chi connectivity index (χ0n) is 26.3. The highest BCUT2D eigenvalue weighted by Gasteiger charge is 2.48. The largest absolute Gasteiger partial charge is 0.411 e. The first-order valence-electron chi connectivity index (χ1n) is 14.5.